The van der Waals surface area contributed by atoms with E-state index in [2.05, 4.69) is 9.80 Å². The first kappa shape index (κ1) is 15.6. The molecule has 0 radical (unpaired) electrons. The molecule has 0 spiro atoms. The first-order chi connectivity index (χ1) is 10.6. The zero-order valence-corrected chi connectivity index (χ0v) is 13.6. The smallest absolute Gasteiger partial charge is 0.146 e. The summed E-state index contributed by atoms with van der Waals surface area (Å²) in [7, 11) is 0. The van der Waals surface area contributed by atoms with Crippen LogP contribution in [0.5, 0.6) is 0 Å². The van der Waals surface area contributed by atoms with Crippen LogP contribution in [-0.2, 0) is 6.54 Å². The number of hydrogen-bond acceptors (Lipinski definition) is 2. The van der Waals surface area contributed by atoms with Gasteiger partial charge in [-0.1, -0.05) is 41.4 Å². The molecule has 116 valence electrons. The normalized spacial score (nSPS) is 16.0. The third kappa shape index (κ3) is 3.54. The topological polar surface area (TPSA) is 6.48 Å². The lowest BCUT2D eigenvalue weighted by Gasteiger charge is -2.36. The van der Waals surface area contributed by atoms with Gasteiger partial charge >= 0.3 is 0 Å². The van der Waals surface area contributed by atoms with Gasteiger partial charge in [0.15, 0.2) is 0 Å². The van der Waals surface area contributed by atoms with E-state index in [9.17, 15) is 4.39 Å². The molecule has 0 unspecified atom stereocenters. The van der Waals surface area contributed by atoms with Crippen molar-refractivity contribution in [2.75, 3.05) is 31.1 Å². The molecule has 0 bridgehead atoms. The molecule has 0 saturated carbocycles. The molecule has 1 aliphatic heterocycles. The predicted octanol–water partition coefficient (Wildman–Crippen LogP) is 4.45. The standard InChI is InChI=1S/C17H17Cl2FN2/c18-14-6-5-13(15(19)11-14)12-21-7-9-22(10-8-21)17-4-2-1-3-16(17)20/h1-6,11H,7-10,12H2. The van der Waals surface area contributed by atoms with Crippen LogP contribution >= 0.6 is 23.2 Å². The van der Waals surface area contributed by atoms with Gasteiger partial charge in [0.05, 0.1) is 5.69 Å². The van der Waals surface area contributed by atoms with Crippen molar-refractivity contribution in [3.05, 3.63) is 63.9 Å². The highest BCUT2D eigenvalue weighted by molar-refractivity contribution is 6.35. The highest BCUT2D eigenvalue weighted by Crippen LogP contribution is 2.24. The van der Waals surface area contributed by atoms with Gasteiger partial charge < -0.3 is 4.90 Å². The maximum absolute atomic E-state index is 13.8. The van der Waals surface area contributed by atoms with Gasteiger partial charge in [0.2, 0.25) is 0 Å². The fourth-order valence-electron chi connectivity index (χ4n) is 2.75. The van der Waals surface area contributed by atoms with Crippen LogP contribution in [0.2, 0.25) is 10.0 Å². The molecule has 5 heteroatoms. The van der Waals surface area contributed by atoms with Crippen molar-refractivity contribution < 1.29 is 4.39 Å². The summed E-state index contributed by atoms with van der Waals surface area (Å²) in [6, 6.07) is 12.5. The Labute approximate surface area is 140 Å². The van der Waals surface area contributed by atoms with Gasteiger partial charge in [0.1, 0.15) is 5.82 Å². The van der Waals surface area contributed by atoms with Crippen molar-refractivity contribution in [2.45, 2.75) is 6.54 Å². The summed E-state index contributed by atoms with van der Waals surface area (Å²) < 4.78 is 13.8. The van der Waals surface area contributed by atoms with Crippen LogP contribution in [0.3, 0.4) is 0 Å². The number of piperazine rings is 1. The van der Waals surface area contributed by atoms with Gasteiger partial charge in [0.25, 0.3) is 0 Å². The van der Waals surface area contributed by atoms with Crippen molar-refractivity contribution in [1.82, 2.24) is 4.90 Å². The highest BCUT2D eigenvalue weighted by Gasteiger charge is 2.19. The molecular weight excluding hydrogens is 322 g/mol. The van der Waals surface area contributed by atoms with Gasteiger partial charge in [-0.05, 0) is 29.8 Å². The maximum Gasteiger partial charge on any atom is 0.146 e. The van der Waals surface area contributed by atoms with Gasteiger partial charge in [-0.2, -0.15) is 0 Å². The Balaban J connectivity index is 1.61. The zero-order valence-electron chi connectivity index (χ0n) is 12.1. The van der Waals surface area contributed by atoms with Gasteiger partial charge in [-0.15, -0.1) is 0 Å². The summed E-state index contributed by atoms with van der Waals surface area (Å²) in [5.74, 6) is -0.156. The third-order valence-electron chi connectivity index (χ3n) is 3.97. The second kappa shape index (κ2) is 6.86. The molecule has 22 heavy (non-hydrogen) atoms. The van der Waals surface area contributed by atoms with E-state index in [4.69, 9.17) is 23.2 Å². The van der Waals surface area contributed by atoms with E-state index in [0.717, 1.165) is 38.3 Å². The monoisotopic (exact) mass is 338 g/mol. The first-order valence-electron chi connectivity index (χ1n) is 7.29. The second-order valence-corrected chi connectivity index (χ2v) is 6.29. The lowest BCUT2D eigenvalue weighted by atomic mass is 10.2. The van der Waals surface area contributed by atoms with Crippen LogP contribution < -0.4 is 4.90 Å². The average Bonchev–Trinajstić information content (AvgIpc) is 2.51. The Kier molecular flexibility index (Phi) is 4.87. The van der Waals surface area contributed by atoms with Gasteiger partial charge in [0, 0.05) is 42.8 Å². The van der Waals surface area contributed by atoms with Gasteiger partial charge in [-0.3, -0.25) is 4.90 Å². The van der Waals surface area contributed by atoms with Crippen LogP contribution in [-0.4, -0.2) is 31.1 Å². The minimum Gasteiger partial charge on any atom is -0.367 e. The summed E-state index contributed by atoms with van der Waals surface area (Å²) in [6.07, 6.45) is 0. The number of rotatable bonds is 3. The molecule has 0 aromatic heterocycles. The number of halogens is 3. The van der Waals surface area contributed by atoms with Crippen LogP contribution in [0.4, 0.5) is 10.1 Å². The molecule has 0 N–H and O–H groups in total. The Bertz CT molecular complexity index is 655. The van der Waals surface area contributed by atoms with Crippen LogP contribution in [0.15, 0.2) is 42.5 Å². The van der Waals surface area contributed by atoms with E-state index in [1.54, 1.807) is 12.1 Å². The largest absolute Gasteiger partial charge is 0.367 e. The number of nitrogens with zero attached hydrogens (tertiary/aromatic N) is 2. The van der Waals surface area contributed by atoms with Gasteiger partial charge in [-0.25, -0.2) is 4.39 Å². The number of anilines is 1. The minimum absolute atomic E-state index is 0.156. The average molecular weight is 339 g/mol. The molecule has 3 rings (SSSR count). The molecule has 1 fully saturated rings. The van der Waals surface area contributed by atoms with Crippen molar-refractivity contribution in [3.8, 4) is 0 Å². The van der Waals surface area contributed by atoms with E-state index in [1.807, 2.05) is 24.3 Å². The molecule has 1 heterocycles. The molecule has 2 aromatic rings. The molecular formula is C17H17Cl2FN2. The first-order valence-corrected chi connectivity index (χ1v) is 8.05. The molecule has 2 aromatic carbocycles. The van der Waals surface area contributed by atoms with Crippen molar-refractivity contribution >= 4 is 28.9 Å². The second-order valence-electron chi connectivity index (χ2n) is 5.45. The molecule has 2 nitrogen and oxygen atoms in total. The predicted molar refractivity (Wildman–Crippen MR) is 90.4 cm³/mol. The Hall–Kier alpha value is -1.29. The lowest BCUT2D eigenvalue weighted by molar-refractivity contribution is 0.249. The van der Waals surface area contributed by atoms with Crippen molar-refractivity contribution in [3.63, 3.8) is 0 Å². The van der Waals surface area contributed by atoms with Crippen molar-refractivity contribution in [2.24, 2.45) is 0 Å². The van der Waals surface area contributed by atoms with Crippen molar-refractivity contribution in [1.29, 1.82) is 0 Å². The number of para-hydroxylation sites is 1. The molecule has 0 aliphatic carbocycles. The van der Waals surface area contributed by atoms with Crippen LogP contribution in [0, 0.1) is 5.82 Å². The molecule has 0 amide bonds. The zero-order chi connectivity index (χ0) is 15.5. The number of benzene rings is 2. The SMILES string of the molecule is Fc1ccccc1N1CCN(Cc2ccc(Cl)cc2Cl)CC1. The van der Waals surface area contributed by atoms with E-state index < -0.39 is 0 Å². The fourth-order valence-corrected chi connectivity index (χ4v) is 3.21. The maximum atomic E-state index is 13.8. The summed E-state index contributed by atoms with van der Waals surface area (Å²) in [4.78, 5) is 4.42. The molecule has 1 saturated heterocycles. The Morgan fingerprint density at radius 1 is 0.955 bits per heavy atom. The summed E-state index contributed by atoms with van der Waals surface area (Å²) in [6.45, 7) is 4.18. The Morgan fingerprint density at radius 2 is 1.68 bits per heavy atom. The quantitative estimate of drug-likeness (QED) is 0.815. The fraction of sp³-hybridized carbons (Fsp3) is 0.294. The molecule has 0 atom stereocenters. The summed E-state index contributed by atoms with van der Waals surface area (Å²) in [5.41, 5.74) is 1.76. The number of hydrogen-bond donors (Lipinski definition) is 0. The highest BCUT2D eigenvalue weighted by atomic mass is 35.5. The van der Waals surface area contributed by atoms with Crippen LogP contribution in [0.25, 0.3) is 0 Å². The third-order valence-corrected chi connectivity index (χ3v) is 4.56. The van der Waals surface area contributed by atoms with E-state index in [-0.39, 0.29) is 5.82 Å². The minimum atomic E-state index is -0.156. The van der Waals surface area contributed by atoms with E-state index in [1.165, 1.54) is 6.07 Å². The molecule has 1 aliphatic rings. The summed E-state index contributed by atoms with van der Waals surface area (Å²) >= 11 is 12.1. The Morgan fingerprint density at radius 3 is 2.36 bits per heavy atom. The van der Waals surface area contributed by atoms with E-state index in [0.29, 0.717) is 15.7 Å². The summed E-state index contributed by atoms with van der Waals surface area (Å²) in [5, 5.41) is 1.35. The lowest BCUT2D eigenvalue weighted by Crippen LogP contribution is -2.46. The van der Waals surface area contributed by atoms with E-state index >= 15 is 0 Å². The van der Waals surface area contributed by atoms with Crippen LogP contribution in [0.1, 0.15) is 5.56 Å².